The Kier molecular flexibility index (Phi) is 1.58. The molecule has 0 aliphatic heterocycles. The van der Waals surface area contributed by atoms with Gasteiger partial charge in [-0.05, 0) is 12.1 Å². The molecule has 42 valence electrons. The van der Waals surface area contributed by atoms with Crippen LogP contribution in [-0.4, -0.2) is 0 Å². The molecule has 1 heteroatoms. The molecule has 0 radical (unpaired) electrons. The van der Waals surface area contributed by atoms with E-state index in [0.29, 0.717) is 0 Å². The molecule has 1 aromatic rings. The quantitative estimate of drug-likeness (QED) is 0.471. The van der Waals surface area contributed by atoms with Gasteiger partial charge in [0, 0.05) is 0 Å². The van der Waals surface area contributed by atoms with Crippen molar-refractivity contribution in [2.75, 3.05) is 0 Å². The fraction of sp³-hybridized carbons (Fsp3) is 0. The van der Waals surface area contributed by atoms with Crippen LogP contribution in [0.3, 0.4) is 0 Å². The van der Waals surface area contributed by atoms with Gasteiger partial charge in [-0.2, -0.15) is 0 Å². The largest absolute Gasteiger partial charge is 0.118 e. The third-order valence-electron chi connectivity index (χ3n) is 0.891. The first-order valence-corrected chi connectivity index (χ1v) is 3.21. The van der Waals surface area contributed by atoms with Crippen LogP contribution in [0, 0.1) is 24.7 Å². The Morgan fingerprint density at radius 2 is 1.56 bits per heavy atom. The van der Waals surface area contributed by atoms with Crippen LogP contribution in [0.15, 0.2) is 12.1 Å². The van der Waals surface area contributed by atoms with E-state index >= 15 is 0 Å². The molecule has 0 fully saturated rings. The van der Waals surface area contributed by atoms with Crippen molar-refractivity contribution in [3.05, 3.63) is 21.9 Å². The highest BCUT2D eigenvalue weighted by Crippen LogP contribution is 2.12. The zero-order valence-electron chi connectivity index (χ0n) is 4.72. The lowest BCUT2D eigenvalue weighted by Crippen LogP contribution is -1.52. The summed E-state index contributed by atoms with van der Waals surface area (Å²) in [7, 11) is 0. The molecular formula is C8H4S. The van der Waals surface area contributed by atoms with Crippen LogP contribution in [0.4, 0.5) is 0 Å². The fourth-order valence-corrected chi connectivity index (χ4v) is 1.12. The van der Waals surface area contributed by atoms with Crippen LogP contribution in [0.5, 0.6) is 0 Å². The Labute approximate surface area is 58.5 Å². The van der Waals surface area contributed by atoms with Gasteiger partial charge in [0.1, 0.15) is 0 Å². The second-order valence-electron chi connectivity index (χ2n) is 1.45. The van der Waals surface area contributed by atoms with E-state index in [2.05, 4.69) is 11.8 Å². The minimum atomic E-state index is 0.892. The average Bonchev–Trinajstić information content (AvgIpc) is 2.34. The van der Waals surface area contributed by atoms with Crippen LogP contribution in [0.1, 0.15) is 9.75 Å². The molecule has 1 aromatic heterocycles. The third kappa shape index (κ3) is 1.13. The summed E-state index contributed by atoms with van der Waals surface area (Å²) in [5.41, 5.74) is 0. The minimum Gasteiger partial charge on any atom is -0.118 e. The maximum Gasteiger partial charge on any atom is 0.0779 e. The zero-order chi connectivity index (χ0) is 6.69. The molecule has 0 saturated heterocycles. The van der Waals surface area contributed by atoms with E-state index in [4.69, 9.17) is 12.8 Å². The molecule has 0 bridgehead atoms. The molecule has 9 heavy (non-hydrogen) atoms. The van der Waals surface area contributed by atoms with Crippen molar-refractivity contribution in [2.45, 2.75) is 0 Å². The molecule has 0 unspecified atom stereocenters. The summed E-state index contributed by atoms with van der Waals surface area (Å²) in [5.74, 6) is 5.01. The normalized spacial score (nSPS) is 7.78. The van der Waals surface area contributed by atoms with Crippen LogP contribution >= 0.6 is 11.3 Å². The Balaban J connectivity index is 3.08. The maximum absolute atomic E-state index is 5.11. The van der Waals surface area contributed by atoms with Crippen LogP contribution < -0.4 is 0 Å². The van der Waals surface area contributed by atoms with Crippen molar-refractivity contribution in [2.24, 2.45) is 0 Å². The molecule has 0 aromatic carbocycles. The summed E-state index contributed by atoms with van der Waals surface area (Å²) in [5, 5.41) is 0. The number of hydrogen-bond acceptors (Lipinski definition) is 1. The topological polar surface area (TPSA) is 0 Å². The summed E-state index contributed by atoms with van der Waals surface area (Å²) in [6.07, 6.45) is 10.2. The van der Waals surface area contributed by atoms with Gasteiger partial charge < -0.3 is 0 Å². The third-order valence-corrected chi connectivity index (χ3v) is 1.84. The predicted octanol–water partition coefficient (Wildman–Crippen LogP) is 1.71. The highest BCUT2D eigenvalue weighted by atomic mass is 32.1. The molecular weight excluding hydrogens is 128 g/mol. The first-order valence-electron chi connectivity index (χ1n) is 2.40. The van der Waals surface area contributed by atoms with Crippen molar-refractivity contribution < 1.29 is 0 Å². The number of rotatable bonds is 0. The zero-order valence-corrected chi connectivity index (χ0v) is 5.53. The second-order valence-corrected chi connectivity index (χ2v) is 2.54. The van der Waals surface area contributed by atoms with E-state index in [1.807, 2.05) is 12.1 Å². The number of terminal acetylenes is 2. The van der Waals surface area contributed by atoms with Gasteiger partial charge in [0.15, 0.2) is 0 Å². The molecule has 0 aliphatic carbocycles. The standard InChI is InChI=1S/C8H4S/c1-3-7-5-6-8(4-2)9-7/h1-2,5-6H. The Morgan fingerprint density at radius 3 is 1.78 bits per heavy atom. The molecule has 0 amide bonds. The first kappa shape index (κ1) is 5.95. The molecule has 1 rings (SSSR count). The van der Waals surface area contributed by atoms with Crippen molar-refractivity contribution in [1.29, 1.82) is 0 Å². The fourth-order valence-electron chi connectivity index (χ4n) is 0.493. The number of thiophene rings is 1. The van der Waals surface area contributed by atoms with E-state index < -0.39 is 0 Å². The minimum absolute atomic E-state index is 0.892. The summed E-state index contributed by atoms with van der Waals surface area (Å²) in [6, 6.07) is 3.69. The lowest BCUT2D eigenvalue weighted by molar-refractivity contribution is 1.90. The van der Waals surface area contributed by atoms with Gasteiger partial charge in [-0.25, -0.2) is 0 Å². The molecule has 0 nitrogen and oxygen atoms in total. The number of hydrogen-bond donors (Lipinski definition) is 0. The van der Waals surface area contributed by atoms with E-state index in [1.54, 1.807) is 0 Å². The van der Waals surface area contributed by atoms with Gasteiger partial charge in [-0.15, -0.1) is 24.2 Å². The van der Waals surface area contributed by atoms with Crippen molar-refractivity contribution in [3.63, 3.8) is 0 Å². The molecule has 0 saturated carbocycles. The summed E-state index contributed by atoms with van der Waals surface area (Å²) in [6.45, 7) is 0. The monoisotopic (exact) mass is 132 g/mol. The molecule has 0 aliphatic rings. The van der Waals surface area contributed by atoms with E-state index in [1.165, 1.54) is 11.3 Å². The van der Waals surface area contributed by atoms with Crippen LogP contribution in [0.25, 0.3) is 0 Å². The van der Waals surface area contributed by atoms with Crippen LogP contribution in [-0.2, 0) is 0 Å². The molecule has 1 heterocycles. The van der Waals surface area contributed by atoms with Gasteiger partial charge in [-0.1, -0.05) is 11.8 Å². The Bertz CT molecular complexity index is 252. The highest BCUT2D eigenvalue weighted by Gasteiger charge is 1.90. The lowest BCUT2D eigenvalue weighted by atomic mass is 10.4. The molecule has 0 spiro atoms. The van der Waals surface area contributed by atoms with Crippen molar-refractivity contribution in [1.82, 2.24) is 0 Å². The summed E-state index contributed by atoms with van der Waals surface area (Å²) < 4.78 is 0. The van der Waals surface area contributed by atoms with Gasteiger partial charge in [0.25, 0.3) is 0 Å². The van der Waals surface area contributed by atoms with Gasteiger partial charge in [0.2, 0.25) is 0 Å². The Morgan fingerprint density at radius 1 is 1.11 bits per heavy atom. The summed E-state index contributed by atoms with van der Waals surface area (Å²) >= 11 is 1.46. The highest BCUT2D eigenvalue weighted by molar-refractivity contribution is 7.13. The summed E-state index contributed by atoms with van der Waals surface area (Å²) in [4.78, 5) is 1.78. The lowest BCUT2D eigenvalue weighted by Gasteiger charge is -1.71. The first-order chi connectivity index (χ1) is 4.36. The van der Waals surface area contributed by atoms with E-state index in [0.717, 1.165) is 9.75 Å². The second kappa shape index (κ2) is 2.40. The molecule has 0 N–H and O–H groups in total. The van der Waals surface area contributed by atoms with Crippen molar-refractivity contribution in [3.8, 4) is 24.7 Å². The predicted molar refractivity (Wildman–Crippen MR) is 40.2 cm³/mol. The van der Waals surface area contributed by atoms with Crippen molar-refractivity contribution >= 4 is 11.3 Å². The smallest absolute Gasteiger partial charge is 0.0779 e. The van der Waals surface area contributed by atoms with Gasteiger partial charge >= 0.3 is 0 Å². The SMILES string of the molecule is C#Cc1ccc(C#C)s1. The van der Waals surface area contributed by atoms with Crippen LogP contribution in [0.2, 0.25) is 0 Å². The van der Waals surface area contributed by atoms with E-state index in [9.17, 15) is 0 Å². The maximum atomic E-state index is 5.11. The Hall–Kier alpha value is -1.18. The van der Waals surface area contributed by atoms with E-state index in [-0.39, 0.29) is 0 Å². The van der Waals surface area contributed by atoms with Gasteiger partial charge in [0.05, 0.1) is 9.75 Å². The average molecular weight is 132 g/mol. The molecule has 0 atom stereocenters. The van der Waals surface area contributed by atoms with Gasteiger partial charge in [-0.3, -0.25) is 0 Å².